The number of carbonyl (C=O) groups is 2. The number of nitrogens with zero attached hydrogens (tertiary/aromatic N) is 1. The molecular weight excluding hydrogens is 435 g/mol. The van der Waals surface area contributed by atoms with Crippen molar-refractivity contribution in [1.29, 1.82) is 0 Å². The molecule has 33 heavy (non-hydrogen) atoms. The Morgan fingerprint density at radius 3 is 2.24 bits per heavy atom. The first kappa shape index (κ1) is 23.9. The number of amides is 2. The van der Waals surface area contributed by atoms with Crippen LogP contribution in [-0.4, -0.2) is 36.2 Å². The molecule has 0 aliphatic heterocycles. The lowest BCUT2D eigenvalue weighted by Gasteiger charge is -2.13. The molecule has 2 aromatic carbocycles. The molecule has 2 amide bonds. The maximum Gasteiger partial charge on any atom is 0.405 e. The summed E-state index contributed by atoms with van der Waals surface area (Å²) >= 11 is 0. The monoisotopic (exact) mass is 459 g/mol. The second-order valence-corrected chi connectivity index (χ2v) is 7.60. The van der Waals surface area contributed by atoms with Crippen LogP contribution in [-0.2, 0) is 0 Å². The Hall–Kier alpha value is -3.75. The first-order valence-corrected chi connectivity index (χ1v) is 10.1. The second-order valence-electron chi connectivity index (χ2n) is 7.60. The Morgan fingerprint density at radius 1 is 0.970 bits per heavy atom. The summed E-state index contributed by atoms with van der Waals surface area (Å²) in [7, 11) is 1.58. The molecule has 2 N–H and O–H groups in total. The van der Waals surface area contributed by atoms with Crippen LogP contribution in [0.5, 0.6) is 5.75 Å². The zero-order valence-corrected chi connectivity index (χ0v) is 18.6. The van der Waals surface area contributed by atoms with Gasteiger partial charge in [0.2, 0.25) is 0 Å². The number of hydrogen-bond acceptors (Lipinski definition) is 3. The van der Waals surface area contributed by atoms with Crippen LogP contribution < -0.4 is 15.4 Å². The van der Waals surface area contributed by atoms with Crippen molar-refractivity contribution in [2.45, 2.75) is 26.9 Å². The molecule has 0 saturated heterocycles. The van der Waals surface area contributed by atoms with Crippen molar-refractivity contribution in [3.63, 3.8) is 0 Å². The molecule has 9 heteroatoms. The molecule has 0 aliphatic rings. The number of hydrogen-bond donors (Lipinski definition) is 2. The van der Waals surface area contributed by atoms with Gasteiger partial charge in [0.05, 0.1) is 12.7 Å². The summed E-state index contributed by atoms with van der Waals surface area (Å²) in [5, 5.41) is 4.60. The van der Waals surface area contributed by atoms with Crippen molar-refractivity contribution in [3.8, 4) is 11.4 Å². The number of aromatic nitrogens is 1. The van der Waals surface area contributed by atoms with Crippen LogP contribution in [0.25, 0.3) is 5.69 Å². The summed E-state index contributed by atoms with van der Waals surface area (Å²) in [6.45, 7) is 4.00. The van der Waals surface area contributed by atoms with Gasteiger partial charge in [-0.1, -0.05) is 6.07 Å². The zero-order chi connectivity index (χ0) is 24.3. The first-order valence-electron chi connectivity index (χ1n) is 10.1. The van der Waals surface area contributed by atoms with E-state index in [0.29, 0.717) is 28.3 Å². The van der Waals surface area contributed by atoms with Gasteiger partial charge in [-0.15, -0.1) is 0 Å². The van der Waals surface area contributed by atoms with E-state index in [9.17, 15) is 22.8 Å². The fraction of sp³-hybridized carbons (Fsp3) is 0.250. The zero-order valence-electron chi connectivity index (χ0n) is 18.6. The van der Waals surface area contributed by atoms with Gasteiger partial charge in [-0.25, -0.2) is 0 Å². The van der Waals surface area contributed by atoms with Crippen LogP contribution in [0.1, 0.15) is 37.7 Å². The highest BCUT2D eigenvalue weighted by atomic mass is 19.4. The van der Waals surface area contributed by atoms with Gasteiger partial charge in [0, 0.05) is 28.3 Å². The minimum absolute atomic E-state index is 0.0175. The third-order valence-electron chi connectivity index (χ3n) is 5.20. The number of benzene rings is 2. The Bertz CT molecular complexity index is 1180. The van der Waals surface area contributed by atoms with Gasteiger partial charge < -0.3 is 19.9 Å². The van der Waals surface area contributed by atoms with Gasteiger partial charge in [0.15, 0.2) is 0 Å². The maximum atomic E-state index is 13.0. The molecule has 0 spiro atoms. The van der Waals surface area contributed by atoms with Gasteiger partial charge >= 0.3 is 6.18 Å². The molecule has 0 fully saturated rings. The van der Waals surface area contributed by atoms with E-state index in [1.165, 1.54) is 12.1 Å². The smallest absolute Gasteiger partial charge is 0.405 e. The summed E-state index contributed by atoms with van der Waals surface area (Å²) in [4.78, 5) is 25.1. The van der Waals surface area contributed by atoms with E-state index in [4.69, 9.17) is 4.74 Å². The van der Waals surface area contributed by atoms with Gasteiger partial charge in [-0.2, -0.15) is 13.2 Å². The Kier molecular flexibility index (Phi) is 6.81. The van der Waals surface area contributed by atoms with Crippen LogP contribution in [0.3, 0.4) is 0 Å². The molecule has 3 aromatic rings. The van der Waals surface area contributed by atoms with Crippen molar-refractivity contribution in [2.24, 2.45) is 0 Å². The van der Waals surface area contributed by atoms with Crippen LogP contribution in [0.15, 0.2) is 48.5 Å². The highest BCUT2D eigenvalue weighted by Crippen LogP contribution is 2.25. The van der Waals surface area contributed by atoms with Crippen molar-refractivity contribution in [3.05, 3.63) is 76.6 Å². The lowest BCUT2D eigenvalue weighted by atomic mass is 10.1. The molecule has 1 heterocycles. The second kappa shape index (κ2) is 9.40. The number of methoxy groups -OCH3 is 1. The van der Waals surface area contributed by atoms with E-state index in [1.807, 2.05) is 48.0 Å². The minimum atomic E-state index is -4.51. The van der Waals surface area contributed by atoms with E-state index >= 15 is 0 Å². The summed E-state index contributed by atoms with van der Waals surface area (Å²) < 4.78 is 44.3. The highest BCUT2D eigenvalue weighted by molar-refractivity contribution is 6.06. The first-order chi connectivity index (χ1) is 15.5. The van der Waals surface area contributed by atoms with Crippen LogP contribution in [0, 0.1) is 20.8 Å². The molecule has 0 saturated carbocycles. The molecule has 0 atom stereocenters. The van der Waals surface area contributed by atoms with E-state index in [0.717, 1.165) is 11.4 Å². The number of alkyl halides is 3. The molecular formula is C24H24F3N3O3. The molecule has 1 aromatic heterocycles. The highest BCUT2D eigenvalue weighted by Gasteiger charge is 2.28. The van der Waals surface area contributed by atoms with E-state index in [1.54, 1.807) is 26.2 Å². The Morgan fingerprint density at radius 2 is 1.64 bits per heavy atom. The van der Waals surface area contributed by atoms with Crippen LogP contribution in [0.4, 0.5) is 18.9 Å². The number of carbonyl (C=O) groups excluding carboxylic acids is 2. The average molecular weight is 459 g/mol. The molecule has 0 unspecified atom stereocenters. The summed E-state index contributed by atoms with van der Waals surface area (Å²) in [6.07, 6.45) is -4.51. The fourth-order valence-corrected chi connectivity index (χ4v) is 3.49. The van der Waals surface area contributed by atoms with Crippen molar-refractivity contribution in [2.75, 3.05) is 19.0 Å². The third kappa shape index (κ3) is 5.54. The van der Waals surface area contributed by atoms with Gasteiger partial charge in [-0.3, -0.25) is 9.59 Å². The number of nitrogens with one attached hydrogen (secondary N) is 2. The quantitative estimate of drug-likeness (QED) is 0.548. The van der Waals surface area contributed by atoms with E-state index in [-0.39, 0.29) is 11.5 Å². The molecule has 0 radical (unpaired) electrons. The third-order valence-corrected chi connectivity index (χ3v) is 5.20. The van der Waals surface area contributed by atoms with Crippen LogP contribution in [0.2, 0.25) is 0 Å². The standard InChI is InChI=1S/C24H24F3N3O3/c1-14-5-6-17(22(31)28-13-24(25,26)27)12-21(14)29-23(32)20-11-15(2)30(16(20)3)18-7-9-19(33-4)10-8-18/h5-12H,13H2,1-4H3,(H,28,31)(H,29,32). The molecule has 0 bridgehead atoms. The predicted molar refractivity (Wildman–Crippen MR) is 119 cm³/mol. The SMILES string of the molecule is COc1ccc(-n2c(C)cc(C(=O)Nc3cc(C(=O)NCC(F)(F)F)ccc3C)c2C)cc1. The Balaban J connectivity index is 1.83. The summed E-state index contributed by atoms with van der Waals surface area (Å²) in [5.41, 5.74) is 3.89. The number of rotatable bonds is 6. The van der Waals surface area contributed by atoms with E-state index in [2.05, 4.69) is 5.32 Å². The number of ether oxygens (including phenoxy) is 1. The summed E-state index contributed by atoms with van der Waals surface area (Å²) in [5.74, 6) is -0.548. The largest absolute Gasteiger partial charge is 0.497 e. The predicted octanol–water partition coefficient (Wildman–Crippen LogP) is 4.96. The minimum Gasteiger partial charge on any atom is -0.497 e. The number of anilines is 1. The Labute approximate surface area is 189 Å². The van der Waals surface area contributed by atoms with Crippen molar-refractivity contribution < 1.29 is 27.5 Å². The average Bonchev–Trinajstić information content (AvgIpc) is 3.07. The lowest BCUT2D eigenvalue weighted by molar-refractivity contribution is -0.123. The molecule has 174 valence electrons. The summed E-state index contributed by atoms with van der Waals surface area (Å²) in [6, 6.07) is 13.5. The normalized spacial score (nSPS) is 11.2. The van der Waals surface area contributed by atoms with Gasteiger partial charge in [0.25, 0.3) is 11.8 Å². The molecule has 3 rings (SSSR count). The number of halogens is 3. The van der Waals surface area contributed by atoms with Gasteiger partial charge in [-0.05, 0) is 68.8 Å². The maximum absolute atomic E-state index is 13.0. The topological polar surface area (TPSA) is 72.4 Å². The van der Waals surface area contributed by atoms with E-state index < -0.39 is 18.6 Å². The van der Waals surface area contributed by atoms with Crippen molar-refractivity contribution in [1.82, 2.24) is 9.88 Å². The molecule has 0 aliphatic carbocycles. The fourth-order valence-electron chi connectivity index (χ4n) is 3.49. The van der Waals surface area contributed by atoms with Crippen molar-refractivity contribution >= 4 is 17.5 Å². The van der Waals surface area contributed by atoms with Gasteiger partial charge in [0.1, 0.15) is 12.3 Å². The molecule has 6 nitrogen and oxygen atoms in total. The lowest BCUT2D eigenvalue weighted by Crippen LogP contribution is -2.33. The number of aryl methyl sites for hydroxylation is 2. The van der Waals surface area contributed by atoms with Crippen LogP contribution >= 0.6 is 0 Å².